The van der Waals surface area contributed by atoms with E-state index in [1.54, 1.807) is 0 Å². The summed E-state index contributed by atoms with van der Waals surface area (Å²) in [7, 11) is 0. The van der Waals surface area contributed by atoms with Gasteiger partial charge in [0, 0.05) is 0 Å². The van der Waals surface area contributed by atoms with E-state index >= 15 is 0 Å². The summed E-state index contributed by atoms with van der Waals surface area (Å²) in [4.78, 5) is 0. The van der Waals surface area contributed by atoms with Gasteiger partial charge in [-0.2, -0.15) is 0 Å². The SMILES string of the molecule is CCC1C(C)CC(C)C1C(C)(C)CC. The van der Waals surface area contributed by atoms with E-state index in [1.807, 2.05) is 0 Å². The molecule has 0 nitrogen and oxygen atoms in total. The van der Waals surface area contributed by atoms with Gasteiger partial charge in [0.05, 0.1) is 0 Å². The van der Waals surface area contributed by atoms with Crippen molar-refractivity contribution in [2.45, 2.75) is 60.8 Å². The van der Waals surface area contributed by atoms with Crippen LogP contribution >= 0.6 is 0 Å². The van der Waals surface area contributed by atoms with Gasteiger partial charge in [-0.3, -0.25) is 0 Å². The van der Waals surface area contributed by atoms with Gasteiger partial charge in [-0.25, -0.2) is 0 Å². The minimum atomic E-state index is 0.546. The monoisotopic (exact) mass is 196 g/mol. The Morgan fingerprint density at radius 3 is 2.07 bits per heavy atom. The van der Waals surface area contributed by atoms with Crippen molar-refractivity contribution >= 4 is 0 Å². The number of hydrogen-bond acceptors (Lipinski definition) is 0. The first-order valence-electron chi connectivity index (χ1n) is 6.44. The normalized spacial score (nSPS) is 39.0. The lowest BCUT2D eigenvalue weighted by molar-refractivity contribution is 0.109. The van der Waals surface area contributed by atoms with Gasteiger partial charge < -0.3 is 0 Å². The second-order valence-corrected chi connectivity index (χ2v) is 6.13. The molecule has 84 valence electrons. The summed E-state index contributed by atoms with van der Waals surface area (Å²) in [5.74, 6) is 3.81. The van der Waals surface area contributed by atoms with Crippen LogP contribution in [-0.2, 0) is 0 Å². The van der Waals surface area contributed by atoms with Crippen molar-refractivity contribution in [2.75, 3.05) is 0 Å². The van der Waals surface area contributed by atoms with E-state index in [2.05, 4.69) is 41.5 Å². The van der Waals surface area contributed by atoms with Gasteiger partial charge in [0.15, 0.2) is 0 Å². The maximum absolute atomic E-state index is 2.47. The third-order valence-corrected chi connectivity index (χ3v) is 4.83. The molecule has 14 heavy (non-hydrogen) atoms. The summed E-state index contributed by atoms with van der Waals surface area (Å²) < 4.78 is 0. The zero-order chi connectivity index (χ0) is 10.9. The lowest BCUT2D eigenvalue weighted by Crippen LogP contribution is -2.31. The van der Waals surface area contributed by atoms with E-state index in [-0.39, 0.29) is 0 Å². The topological polar surface area (TPSA) is 0 Å². The van der Waals surface area contributed by atoms with Crippen LogP contribution in [-0.4, -0.2) is 0 Å². The molecule has 0 bridgehead atoms. The van der Waals surface area contributed by atoms with Crippen LogP contribution < -0.4 is 0 Å². The van der Waals surface area contributed by atoms with Crippen LogP contribution in [0.1, 0.15) is 60.8 Å². The largest absolute Gasteiger partial charge is 0.0651 e. The van der Waals surface area contributed by atoms with Crippen molar-refractivity contribution in [1.29, 1.82) is 0 Å². The molecule has 1 aliphatic rings. The molecule has 0 aromatic heterocycles. The summed E-state index contributed by atoms with van der Waals surface area (Å²) in [5.41, 5.74) is 0.546. The molecule has 0 saturated heterocycles. The van der Waals surface area contributed by atoms with Crippen LogP contribution in [0.15, 0.2) is 0 Å². The third kappa shape index (κ3) is 1.99. The predicted octanol–water partition coefficient (Wildman–Crippen LogP) is 4.74. The van der Waals surface area contributed by atoms with Crippen molar-refractivity contribution in [1.82, 2.24) is 0 Å². The highest BCUT2D eigenvalue weighted by atomic mass is 14.5. The maximum atomic E-state index is 2.47. The first-order valence-corrected chi connectivity index (χ1v) is 6.44. The van der Waals surface area contributed by atoms with Crippen LogP contribution in [0.4, 0.5) is 0 Å². The van der Waals surface area contributed by atoms with E-state index in [0.717, 1.165) is 23.7 Å². The summed E-state index contributed by atoms with van der Waals surface area (Å²) >= 11 is 0. The van der Waals surface area contributed by atoms with E-state index in [0.29, 0.717) is 5.41 Å². The van der Waals surface area contributed by atoms with Crippen molar-refractivity contribution in [3.8, 4) is 0 Å². The Morgan fingerprint density at radius 2 is 1.64 bits per heavy atom. The Balaban J connectivity index is 2.84. The molecule has 1 rings (SSSR count). The smallest absolute Gasteiger partial charge is 0.0306 e. The van der Waals surface area contributed by atoms with Gasteiger partial charge in [0.1, 0.15) is 0 Å². The lowest BCUT2D eigenvalue weighted by Gasteiger charge is -2.38. The molecule has 4 unspecified atom stereocenters. The molecule has 1 aliphatic carbocycles. The number of rotatable bonds is 3. The van der Waals surface area contributed by atoms with Crippen LogP contribution in [0.5, 0.6) is 0 Å². The van der Waals surface area contributed by atoms with Crippen LogP contribution in [0.2, 0.25) is 0 Å². The van der Waals surface area contributed by atoms with Gasteiger partial charge >= 0.3 is 0 Å². The molecule has 0 aromatic carbocycles. The van der Waals surface area contributed by atoms with Crippen molar-refractivity contribution in [2.24, 2.45) is 29.1 Å². The first kappa shape index (κ1) is 12.1. The Kier molecular flexibility index (Phi) is 3.66. The molecule has 0 aromatic rings. The molecule has 0 radical (unpaired) electrons. The quantitative estimate of drug-likeness (QED) is 0.611. The van der Waals surface area contributed by atoms with Gasteiger partial charge in [-0.1, -0.05) is 54.4 Å². The molecule has 0 aliphatic heterocycles. The third-order valence-electron chi connectivity index (χ3n) is 4.83. The average molecular weight is 196 g/mol. The lowest BCUT2D eigenvalue weighted by atomic mass is 9.67. The average Bonchev–Trinajstić information content (AvgIpc) is 2.40. The minimum absolute atomic E-state index is 0.546. The molecule has 0 amide bonds. The zero-order valence-electron chi connectivity index (χ0n) is 10.9. The highest BCUT2D eigenvalue weighted by Crippen LogP contribution is 2.52. The molecule has 4 atom stereocenters. The highest BCUT2D eigenvalue weighted by Gasteiger charge is 2.44. The molecule has 1 saturated carbocycles. The predicted molar refractivity (Wildman–Crippen MR) is 64.3 cm³/mol. The summed E-state index contributed by atoms with van der Waals surface area (Å²) in [5, 5.41) is 0. The minimum Gasteiger partial charge on any atom is -0.0651 e. The van der Waals surface area contributed by atoms with Crippen LogP contribution in [0.3, 0.4) is 0 Å². The van der Waals surface area contributed by atoms with Crippen molar-refractivity contribution < 1.29 is 0 Å². The Labute approximate surface area is 90.5 Å². The summed E-state index contributed by atoms with van der Waals surface area (Å²) in [6, 6.07) is 0. The zero-order valence-corrected chi connectivity index (χ0v) is 10.9. The second kappa shape index (κ2) is 4.24. The van der Waals surface area contributed by atoms with Gasteiger partial charge in [0.2, 0.25) is 0 Å². The Hall–Kier alpha value is 0. The Bertz CT molecular complexity index is 180. The molecule has 0 spiro atoms. The standard InChI is InChI=1S/C14H28/c1-7-12-10(3)9-11(4)13(12)14(5,6)8-2/h10-13H,7-9H2,1-6H3. The maximum Gasteiger partial charge on any atom is -0.0306 e. The molecule has 1 fully saturated rings. The van der Waals surface area contributed by atoms with Gasteiger partial charge in [0.25, 0.3) is 0 Å². The van der Waals surface area contributed by atoms with E-state index in [9.17, 15) is 0 Å². The van der Waals surface area contributed by atoms with Crippen LogP contribution in [0, 0.1) is 29.1 Å². The van der Waals surface area contributed by atoms with Gasteiger partial charge in [-0.15, -0.1) is 0 Å². The first-order chi connectivity index (χ1) is 6.44. The highest BCUT2D eigenvalue weighted by molar-refractivity contribution is 4.93. The van der Waals surface area contributed by atoms with E-state index in [1.165, 1.54) is 19.3 Å². The molecular formula is C14H28. The summed E-state index contributed by atoms with van der Waals surface area (Å²) in [6.45, 7) is 14.6. The van der Waals surface area contributed by atoms with Crippen molar-refractivity contribution in [3.05, 3.63) is 0 Å². The van der Waals surface area contributed by atoms with E-state index < -0.39 is 0 Å². The Morgan fingerprint density at radius 1 is 1.07 bits per heavy atom. The molecule has 0 heterocycles. The number of hydrogen-bond donors (Lipinski definition) is 0. The fourth-order valence-electron chi connectivity index (χ4n) is 3.93. The van der Waals surface area contributed by atoms with E-state index in [4.69, 9.17) is 0 Å². The fraction of sp³-hybridized carbons (Fsp3) is 1.00. The van der Waals surface area contributed by atoms with Crippen LogP contribution in [0.25, 0.3) is 0 Å². The van der Waals surface area contributed by atoms with Gasteiger partial charge in [-0.05, 0) is 35.5 Å². The summed E-state index contributed by atoms with van der Waals surface area (Å²) in [6.07, 6.45) is 4.15. The fourth-order valence-corrected chi connectivity index (χ4v) is 3.93. The molecular weight excluding hydrogens is 168 g/mol. The molecule has 0 N–H and O–H groups in total. The molecule has 0 heteroatoms. The second-order valence-electron chi connectivity index (χ2n) is 6.13. The van der Waals surface area contributed by atoms with Crippen molar-refractivity contribution in [3.63, 3.8) is 0 Å².